The van der Waals surface area contributed by atoms with E-state index in [9.17, 15) is 9.59 Å². The van der Waals surface area contributed by atoms with E-state index in [-0.39, 0.29) is 17.8 Å². The Balaban J connectivity index is 1.88. The molecule has 1 aliphatic heterocycles. The molecule has 1 fully saturated rings. The van der Waals surface area contributed by atoms with Crippen LogP contribution in [-0.4, -0.2) is 35.8 Å². The first-order valence-electron chi connectivity index (χ1n) is 6.59. The second kappa shape index (κ2) is 5.87. The Morgan fingerprint density at radius 3 is 2.16 bits per heavy atom. The lowest BCUT2D eigenvalue weighted by atomic mass is 10.1. The van der Waals surface area contributed by atoms with Gasteiger partial charge in [0.25, 0.3) is 0 Å². The molecule has 1 heterocycles. The normalized spacial score (nSPS) is 16.2. The van der Waals surface area contributed by atoms with Gasteiger partial charge >= 0.3 is 0 Å². The Kier molecular flexibility index (Phi) is 4.20. The van der Waals surface area contributed by atoms with E-state index in [1.165, 1.54) is 0 Å². The van der Waals surface area contributed by atoms with Crippen molar-refractivity contribution < 1.29 is 14.3 Å². The summed E-state index contributed by atoms with van der Waals surface area (Å²) in [6, 6.07) is 7.22. The molecule has 19 heavy (non-hydrogen) atoms. The highest BCUT2D eigenvalue weighted by Crippen LogP contribution is 2.19. The molecule has 0 spiro atoms. The number of nitrogens with zero attached hydrogens (tertiary/aromatic N) is 1. The smallest absolute Gasteiger partial charge is 0.219 e. The molecule has 1 aliphatic rings. The lowest BCUT2D eigenvalue weighted by Gasteiger charge is -2.31. The molecule has 1 amide bonds. The minimum atomic E-state index is 0.0568. The van der Waals surface area contributed by atoms with Crippen molar-refractivity contribution in [3.63, 3.8) is 0 Å². The number of piperidine rings is 1. The van der Waals surface area contributed by atoms with Crippen molar-refractivity contribution in [2.24, 2.45) is 0 Å². The summed E-state index contributed by atoms with van der Waals surface area (Å²) < 4.78 is 5.87. The number of Topliss-reactive ketones (excluding diaryl/α,β-unsaturated/α-hetero) is 1. The molecular formula is C15H19NO3. The Morgan fingerprint density at radius 2 is 1.68 bits per heavy atom. The zero-order chi connectivity index (χ0) is 13.8. The number of carbonyl (C=O) groups is 2. The molecule has 1 saturated heterocycles. The van der Waals surface area contributed by atoms with Crippen molar-refractivity contribution in [1.29, 1.82) is 0 Å². The second-order valence-corrected chi connectivity index (χ2v) is 4.90. The lowest BCUT2D eigenvalue weighted by molar-refractivity contribution is -0.130. The average molecular weight is 261 g/mol. The summed E-state index contributed by atoms with van der Waals surface area (Å²) in [5.41, 5.74) is 0.693. The second-order valence-electron chi connectivity index (χ2n) is 4.90. The van der Waals surface area contributed by atoms with Crippen LogP contribution in [0, 0.1) is 0 Å². The van der Waals surface area contributed by atoms with Gasteiger partial charge in [0.2, 0.25) is 5.91 Å². The minimum absolute atomic E-state index is 0.0568. The standard InChI is InChI=1S/C15H19NO3/c1-11(17)13-3-5-14(6-4-13)19-15-7-9-16(10-8-15)12(2)18/h3-6,15H,7-10H2,1-2H3. The number of benzene rings is 1. The van der Waals surface area contributed by atoms with Gasteiger partial charge in [0, 0.05) is 38.4 Å². The molecule has 4 nitrogen and oxygen atoms in total. The van der Waals surface area contributed by atoms with Crippen molar-refractivity contribution in [2.45, 2.75) is 32.8 Å². The quantitative estimate of drug-likeness (QED) is 0.784. The highest BCUT2D eigenvalue weighted by Gasteiger charge is 2.21. The van der Waals surface area contributed by atoms with Crippen LogP contribution in [0.2, 0.25) is 0 Å². The number of hydrogen-bond acceptors (Lipinski definition) is 3. The third-order valence-electron chi connectivity index (χ3n) is 3.45. The fourth-order valence-corrected chi connectivity index (χ4v) is 2.25. The van der Waals surface area contributed by atoms with Crippen LogP contribution in [-0.2, 0) is 4.79 Å². The number of likely N-dealkylation sites (tertiary alicyclic amines) is 1. The van der Waals surface area contributed by atoms with Crippen LogP contribution in [0.5, 0.6) is 5.75 Å². The van der Waals surface area contributed by atoms with Crippen LogP contribution in [0.25, 0.3) is 0 Å². The fraction of sp³-hybridized carbons (Fsp3) is 0.467. The third kappa shape index (κ3) is 3.56. The number of carbonyl (C=O) groups excluding carboxylic acids is 2. The van der Waals surface area contributed by atoms with Gasteiger partial charge in [0.15, 0.2) is 5.78 Å². The average Bonchev–Trinajstić information content (AvgIpc) is 2.40. The third-order valence-corrected chi connectivity index (χ3v) is 3.45. The summed E-state index contributed by atoms with van der Waals surface area (Å²) in [6.45, 7) is 4.66. The molecule has 2 rings (SSSR count). The Bertz CT molecular complexity index is 459. The molecule has 0 unspecified atom stereocenters. The van der Waals surface area contributed by atoms with Gasteiger partial charge in [-0.3, -0.25) is 9.59 Å². The predicted molar refractivity (Wildman–Crippen MR) is 72.4 cm³/mol. The Labute approximate surface area is 113 Å². The van der Waals surface area contributed by atoms with Crippen molar-refractivity contribution in [1.82, 2.24) is 4.90 Å². The maximum atomic E-state index is 11.2. The van der Waals surface area contributed by atoms with Gasteiger partial charge in [-0.15, -0.1) is 0 Å². The van der Waals surface area contributed by atoms with Crippen molar-refractivity contribution >= 4 is 11.7 Å². The summed E-state index contributed by atoms with van der Waals surface area (Å²) in [6.07, 6.45) is 1.86. The van der Waals surface area contributed by atoms with E-state index in [4.69, 9.17) is 4.74 Å². The van der Waals surface area contributed by atoms with E-state index in [0.717, 1.165) is 31.7 Å². The van der Waals surface area contributed by atoms with Crippen LogP contribution < -0.4 is 4.74 Å². The first-order valence-corrected chi connectivity index (χ1v) is 6.59. The fourth-order valence-electron chi connectivity index (χ4n) is 2.25. The van der Waals surface area contributed by atoms with Crippen LogP contribution >= 0.6 is 0 Å². The Hall–Kier alpha value is -1.84. The first kappa shape index (κ1) is 13.6. The zero-order valence-corrected chi connectivity index (χ0v) is 11.4. The summed E-state index contributed by atoms with van der Waals surface area (Å²) in [4.78, 5) is 24.2. The lowest BCUT2D eigenvalue weighted by Crippen LogP contribution is -2.40. The van der Waals surface area contributed by atoms with E-state index in [1.54, 1.807) is 26.0 Å². The highest BCUT2D eigenvalue weighted by molar-refractivity contribution is 5.94. The molecule has 0 aromatic heterocycles. The van der Waals surface area contributed by atoms with Gasteiger partial charge in [-0.1, -0.05) is 0 Å². The molecular weight excluding hydrogens is 242 g/mol. The zero-order valence-electron chi connectivity index (χ0n) is 11.4. The molecule has 0 saturated carbocycles. The van der Waals surface area contributed by atoms with Crippen molar-refractivity contribution in [3.05, 3.63) is 29.8 Å². The SMILES string of the molecule is CC(=O)c1ccc(OC2CCN(C(C)=O)CC2)cc1. The molecule has 4 heteroatoms. The maximum Gasteiger partial charge on any atom is 0.219 e. The Morgan fingerprint density at radius 1 is 1.11 bits per heavy atom. The number of ether oxygens (including phenoxy) is 1. The predicted octanol–water partition coefficient (Wildman–Crippen LogP) is 2.28. The number of ketones is 1. The van der Waals surface area contributed by atoms with Gasteiger partial charge in [-0.05, 0) is 31.2 Å². The maximum absolute atomic E-state index is 11.2. The van der Waals surface area contributed by atoms with E-state index in [0.29, 0.717) is 5.56 Å². The van der Waals surface area contributed by atoms with Crippen molar-refractivity contribution in [3.8, 4) is 5.75 Å². The van der Waals surface area contributed by atoms with Crippen LogP contribution in [0.1, 0.15) is 37.0 Å². The molecule has 0 N–H and O–H groups in total. The van der Waals surface area contributed by atoms with E-state index >= 15 is 0 Å². The highest BCUT2D eigenvalue weighted by atomic mass is 16.5. The number of hydrogen-bond donors (Lipinski definition) is 0. The van der Waals surface area contributed by atoms with E-state index in [2.05, 4.69) is 0 Å². The monoisotopic (exact) mass is 261 g/mol. The van der Waals surface area contributed by atoms with Crippen LogP contribution in [0.4, 0.5) is 0 Å². The van der Waals surface area contributed by atoms with Gasteiger partial charge in [0.1, 0.15) is 11.9 Å². The molecule has 0 aliphatic carbocycles. The summed E-state index contributed by atoms with van der Waals surface area (Å²) >= 11 is 0. The molecule has 0 radical (unpaired) electrons. The van der Waals surface area contributed by atoms with Gasteiger partial charge in [-0.25, -0.2) is 0 Å². The molecule has 0 bridgehead atoms. The first-order chi connectivity index (χ1) is 9.06. The van der Waals surface area contributed by atoms with Crippen molar-refractivity contribution in [2.75, 3.05) is 13.1 Å². The summed E-state index contributed by atoms with van der Waals surface area (Å²) in [5, 5.41) is 0. The summed E-state index contributed by atoms with van der Waals surface area (Å²) in [7, 11) is 0. The van der Waals surface area contributed by atoms with E-state index < -0.39 is 0 Å². The number of amides is 1. The molecule has 102 valence electrons. The van der Waals surface area contributed by atoms with Gasteiger partial charge in [0.05, 0.1) is 0 Å². The molecule has 0 atom stereocenters. The minimum Gasteiger partial charge on any atom is -0.490 e. The summed E-state index contributed by atoms with van der Waals surface area (Å²) in [5.74, 6) is 0.969. The van der Waals surface area contributed by atoms with Gasteiger partial charge < -0.3 is 9.64 Å². The van der Waals surface area contributed by atoms with Crippen LogP contribution in [0.15, 0.2) is 24.3 Å². The van der Waals surface area contributed by atoms with Crippen LogP contribution in [0.3, 0.4) is 0 Å². The number of rotatable bonds is 3. The van der Waals surface area contributed by atoms with Gasteiger partial charge in [-0.2, -0.15) is 0 Å². The molecule has 1 aromatic rings. The molecule has 1 aromatic carbocycles. The largest absolute Gasteiger partial charge is 0.490 e. The van der Waals surface area contributed by atoms with E-state index in [1.807, 2.05) is 17.0 Å². The topological polar surface area (TPSA) is 46.6 Å².